The smallest absolute Gasteiger partial charge is 0.126 e. The predicted octanol–water partition coefficient (Wildman–Crippen LogP) is 3.95. The molecule has 0 saturated heterocycles. The summed E-state index contributed by atoms with van der Waals surface area (Å²) < 4.78 is 39.4. The van der Waals surface area contributed by atoms with Crippen molar-refractivity contribution in [1.82, 2.24) is 0 Å². The lowest BCUT2D eigenvalue weighted by Crippen LogP contribution is -2.42. The Kier molecular flexibility index (Phi) is 4.37. The molecule has 0 aliphatic heterocycles. The molecule has 0 saturated carbocycles. The summed E-state index contributed by atoms with van der Waals surface area (Å²) in [6, 6.07) is 9.16. The van der Waals surface area contributed by atoms with Gasteiger partial charge in [-0.1, -0.05) is 26.0 Å². The molecule has 0 spiro atoms. The van der Waals surface area contributed by atoms with Crippen molar-refractivity contribution < 1.29 is 13.2 Å². The largest absolute Gasteiger partial charge is 0.327 e. The highest BCUT2D eigenvalue weighted by molar-refractivity contribution is 5.28. The molecular formula is C17H18F3N. The summed E-state index contributed by atoms with van der Waals surface area (Å²) in [4.78, 5) is 0. The third kappa shape index (κ3) is 3.64. The van der Waals surface area contributed by atoms with E-state index in [9.17, 15) is 13.2 Å². The summed E-state index contributed by atoms with van der Waals surface area (Å²) in [6.07, 6.45) is 0.332. The molecule has 0 heterocycles. The van der Waals surface area contributed by atoms with Gasteiger partial charge in [0.1, 0.15) is 17.5 Å². The van der Waals surface area contributed by atoms with E-state index in [1.54, 1.807) is 12.1 Å². The van der Waals surface area contributed by atoms with E-state index in [4.69, 9.17) is 5.73 Å². The lowest BCUT2D eigenvalue weighted by atomic mass is 9.76. The van der Waals surface area contributed by atoms with Crippen LogP contribution in [0.15, 0.2) is 42.5 Å². The van der Waals surface area contributed by atoms with Gasteiger partial charge in [0.15, 0.2) is 0 Å². The molecule has 2 N–H and O–H groups in total. The van der Waals surface area contributed by atoms with Gasteiger partial charge in [0.2, 0.25) is 0 Å². The first-order valence-corrected chi connectivity index (χ1v) is 6.75. The average Bonchev–Trinajstić information content (AvgIpc) is 2.37. The van der Waals surface area contributed by atoms with Crippen LogP contribution in [0.25, 0.3) is 0 Å². The second kappa shape index (κ2) is 5.90. The van der Waals surface area contributed by atoms with Crippen molar-refractivity contribution in [2.24, 2.45) is 5.73 Å². The van der Waals surface area contributed by atoms with Crippen LogP contribution in [0.1, 0.15) is 25.0 Å². The third-order valence-corrected chi connectivity index (χ3v) is 3.89. The van der Waals surface area contributed by atoms with Crippen molar-refractivity contribution in [1.29, 1.82) is 0 Å². The first kappa shape index (κ1) is 15.6. The van der Waals surface area contributed by atoms with E-state index in [2.05, 4.69) is 0 Å². The molecular weight excluding hydrogens is 275 g/mol. The van der Waals surface area contributed by atoms with Gasteiger partial charge in [-0.05, 0) is 41.8 Å². The average molecular weight is 293 g/mol. The molecule has 2 aromatic rings. The van der Waals surface area contributed by atoms with E-state index in [-0.39, 0.29) is 11.9 Å². The molecule has 0 radical (unpaired) electrons. The zero-order valence-corrected chi connectivity index (χ0v) is 12.0. The maximum atomic E-state index is 13.2. The quantitative estimate of drug-likeness (QED) is 0.907. The summed E-state index contributed by atoms with van der Waals surface area (Å²) in [5.74, 6) is -1.54. The number of benzene rings is 2. The van der Waals surface area contributed by atoms with Crippen molar-refractivity contribution in [3.63, 3.8) is 0 Å². The minimum absolute atomic E-state index is 0.310. The molecule has 0 aromatic heterocycles. The maximum Gasteiger partial charge on any atom is 0.126 e. The van der Waals surface area contributed by atoms with Gasteiger partial charge < -0.3 is 5.73 Å². The van der Waals surface area contributed by atoms with E-state index in [0.717, 1.165) is 11.6 Å². The predicted molar refractivity (Wildman–Crippen MR) is 77.5 cm³/mol. The highest BCUT2D eigenvalue weighted by Crippen LogP contribution is 2.28. The summed E-state index contributed by atoms with van der Waals surface area (Å²) in [6.45, 7) is 3.86. The van der Waals surface area contributed by atoms with Gasteiger partial charge in [0.25, 0.3) is 0 Å². The fourth-order valence-electron chi connectivity index (χ4n) is 2.33. The van der Waals surface area contributed by atoms with Crippen LogP contribution < -0.4 is 5.73 Å². The van der Waals surface area contributed by atoms with Gasteiger partial charge in [0.05, 0.1) is 0 Å². The summed E-state index contributed by atoms with van der Waals surface area (Å²) >= 11 is 0. The minimum Gasteiger partial charge on any atom is -0.327 e. The van der Waals surface area contributed by atoms with Crippen LogP contribution in [0.2, 0.25) is 0 Å². The first-order valence-electron chi connectivity index (χ1n) is 6.75. The molecule has 2 aromatic carbocycles. The minimum atomic E-state index is -0.614. The van der Waals surface area contributed by atoms with Crippen molar-refractivity contribution >= 4 is 0 Å². The lowest BCUT2D eigenvalue weighted by Gasteiger charge is -2.32. The highest BCUT2D eigenvalue weighted by Gasteiger charge is 2.28. The van der Waals surface area contributed by atoms with Gasteiger partial charge >= 0.3 is 0 Å². The topological polar surface area (TPSA) is 26.0 Å². The van der Waals surface area contributed by atoms with E-state index in [0.29, 0.717) is 12.0 Å². The summed E-state index contributed by atoms with van der Waals surface area (Å²) in [5.41, 5.74) is 7.16. The van der Waals surface area contributed by atoms with Crippen LogP contribution in [0.4, 0.5) is 13.2 Å². The van der Waals surface area contributed by atoms with Crippen LogP contribution >= 0.6 is 0 Å². The molecule has 112 valence electrons. The van der Waals surface area contributed by atoms with Gasteiger partial charge in [0, 0.05) is 17.5 Å². The number of hydrogen-bond acceptors (Lipinski definition) is 1. The molecule has 4 heteroatoms. The summed E-state index contributed by atoms with van der Waals surface area (Å²) in [7, 11) is 0. The van der Waals surface area contributed by atoms with Crippen molar-refractivity contribution in [2.45, 2.75) is 31.7 Å². The Bertz CT molecular complexity index is 600. The molecule has 1 unspecified atom stereocenters. The Balaban J connectivity index is 2.21. The SMILES string of the molecule is CC(C)(c1ccc(F)cc1)C(N)Cc1cc(F)cc(F)c1. The zero-order valence-electron chi connectivity index (χ0n) is 12.0. The molecule has 0 bridgehead atoms. The van der Waals surface area contributed by atoms with Crippen molar-refractivity contribution in [2.75, 3.05) is 0 Å². The Labute approximate surface area is 122 Å². The zero-order chi connectivity index (χ0) is 15.6. The first-order chi connectivity index (χ1) is 9.79. The molecule has 2 rings (SSSR count). The van der Waals surface area contributed by atoms with Gasteiger partial charge in [-0.2, -0.15) is 0 Å². The van der Waals surface area contributed by atoms with E-state index < -0.39 is 17.0 Å². The summed E-state index contributed by atoms with van der Waals surface area (Å²) in [5, 5.41) is 0. The van der Waals surface area contributed by atoms with Gasteiger partial charge in [-0.3, -0.25) is 0 Å². The number of hydrogen-bond donors (Lipinski definition) is 1. The Morgan fingerprint density at radius 2 is 1.43 bits per heavy atom. The van der Waals surface area contributed by atoms with E-state index in [1.165, 1.54) is 24.3 Å². The lowest BCUT2D eigenvalue weighted by molar-refractivity contribution is 0.404. The fourth-order valence-corrected chi connectivity index (χ4v) is 2.33. The third-order valence-electron chi connectivity index (χ3n) is 3.89. The monoisotopic (exact) mass is 293 g/mol. The van der Waals surface area contributed by atoms with E-state index in [1.807, 2.05) is 13.8 Å². The maximum absolute atomic E-state index is 13.2. The number of nitrogens with two attached hydrogens (primary N) is 1. The Morgan fingerprint density at radius 1 is 0.905 bits per heavy atom. The van der Waals surface area contributed by atoms with Crippen LogP contribution in [-0.2, 0) is 11.8 Å². The van der Waals surface area contributed by atoms with Gasteiger partial charge in [-0.15, -0.1) is 0 Å². The van der Waals surface area contributed by atoms with Crippen molar-refractivity contribution in [3.05, 3.63) is 71.0 Å². The molecule has 0 aliphatic carbocycles. The molecule has 0 aliphatic rings. The molecule has 0 fully saturated rings. The second-order valence-corrected chi connectivity index (χ2v) is 5.82. The molecule has 1 nitrogen and oxygen atoms in total. The number of rotatable bonds is 4. The highest BCUT2D eigenvalue weighted by atomic mass is 19.1. The molecule has 0 amide bonds. The van der Waals surface area contributed by atoms with Gasteiger partial charge in [-0.25, -0.2) is 13.2 Å². The van der Waals surface area contributed by atoms with Crippen LogP contribution in [-0.4, -0.2) is 6.04 Å². The Morgan fingerprint density at radius 3 is 1.95 bits per heavy atom. The Hall–Kier alpha value is -1.81. The molecule has 1 atom stereocenters. The van der Waals surface area contributed by atoms with Crippen LogP contribution in [0, 0.1) is 17.5 Å². The molecule has 21 heavy (non-hydrogen) atoms. The normalized spacial score (nSPS) is 13.2. The van der Waals surface area contributed by atoms with Crippen molar-refractivity contribution in [3.8, 4) is 0 Å². The van der Waals surface area contributed by atoms with Crippen LogP contribution in [0.5, 0.6) is 0 Å². The fraction of sp³-hybridized carbons (Fsp3) is 0.294. The standard InChI is InChI=1S/C17H18F3N/c1-17(2,12-3-5-13(18)6-4-12)16(21)9-11-7-14(19)10-15(20)8-11/h3-8,10,16H,9,21H2,1-2H3. The number of halogens is 3. The van der Waals surface area contributed by atoms with Crippen LogP contribution in [0.3, 0.4) is 0 Å². The van der Waals surface area contributed by atoms with E-state index >= 15 is 0 Å². The second-order valence-electron chi connectivity index (χ2n) is 5.82.